The number of β-amino-alcohol motifs (C(OH)–C–C–N with tert-alkyl or cyclic N) is 1. The van der Waals surface area contributed by atoms with Gasteiger partial charge in [0.25, 0.3) is 5.91 Å². The number of aromatic nitrogens is 3. The van der Waals surface area contributed by atoms with Gasteiger partial charge in [-0.3, -0.25) is 14.4 Å². The normalized spacial score (nSPS) is 18.8. The van der Waals surface area contributed by atoms with Crippen LogP contribution in [0, 0.1) is 16.7 Å². The molecule has 1 aromatic carbocycles. The largest absolute Gasteiger partial charge is 0.391 e. The van der Waals surface area contributed by atoms with E-state index in [9.17, 15) is 19.5 Å². The van der Waals surface area contributed by atoms with Crippen LogP contribution in [0.3, 0.4) is 0 Å². The predicted octanol–water partition coefficient (Wildman–Crippen LogP) is 0.375. The number of rotatable bonds is 6. The molecule has 3 atom stereocenters. The zero-order valence-electron chi connectivity index (χ0n) is 19.6. The second kappa shape index (κ2) is 10.0. The van der Waals surface area contributed by atoms with Crippen LogP contribution in [0.2, 0.25) is 0 Å². The van der Waals surface area contributed by atoms with Gasteiger partial charge < -0.3 is 20.6 Å². The van der Waals surface area contributed by atoms with Crippen LogP contribution >= 0.6 is 0 Å². The molecule has 0 bridgehead atoms. The number of likely N-dealkylation sites (tertiary alicyclic amines) is 1. The Morgan fingerprint density at radius 1 is 1.32 bits per heavy atom. The Labute approximate surface area is 197 Å². The number of carbonyl (C=O) groups excluding carboxylic acids is 3. The molecule has 2 heterocycles. The fraction of sp³-hybridized carbons (Fsp3) is 0.478. The zero-order chi connectivity index (χ0) is 25.0. The van der Waals surface area contributed by atoms with E-state index < -0.39 is 23.6 Å². The molecule has 3 N–H and O–H groups in total. The summed E-state index contributed by atoms with van der Waals surface area (Å²) < 4.78 is 1.44. The predicted molar refractivity (Wildman–Crippen MR) is 121 cm³/mol. The number of aliphatic hydroxyl groups is 1. The summed E-state index contributed by atoms with van der Waals surface area (Å²) in [5.74, 6) is -1.04. The van der Waals surface area contributed by atoms with Gasteiger partial charge in [0.1, 0.15) is 17.8 Å². The minimum atomic E-state index is -0.784. The van der Waals surface area contributed by atoms with Crippen LogP contribution in [-0.4, -0.2) is 68.5 Å². The van der Waals surface area contributed by atoms with Crippen LogP contribution < -0.4 is 10.6 Å². The number of amides is 3. The lowest BCUT2D eigenvalue weighted by atomic mass is 9.85. The minimum Gasteiger partial charge on any atom is -0.391 e. The molecule has 0 spiro atoms. The number of hydrogen-bond acceptors (Lipinski definition) is 7. The Balaban J connectivity index is 1.77. The molecule has 34 heavy (non-hydrogen) atoms. The van der Waals surface area contributed by atoms with Crippen LogP contribution in [-0.2, 0) is 16.1 Å². The zero-order valence-corrected chi connectivity index (χ0v) is 19.6. The first-order chi connectivity index (χ1) is 16.0. The third-order valence-electron chi connectivity index (χ3n) is 5.67. The van der Waals surface area contributed by atoms with E-state index in [0.29, 0.717) is 16.8 Å². The molecule has 1 saturated heterocycles. The number of likely N-dealkylation sites (N-methyl/N-ethyl adjacent to an activating group) is 1. The number of carbonyl (C=O) groups is 3. The lowest BCUT2D eigenvalue weighted by molar-refractivity contribution is -0.144. The number of aliphatic hydroxyl groups excluding tert-OH is 1. The molecular formula is C23H29N7O4. The standard InChI is InChI=1S/C23H29N7O4/c1-23(2,3)19(22(34)29-13-17(31)9-18(29)21(33)25-4)30-12-16(27-28-30)11-26-20(32)15-7-5-6-14(8-15)10-24/h5-8,12,17-19,31H,9,11,13H2,1-4H3,(H,25,33)(H,26,32)/t17?,18?,19-/m1/s1. The molecule has 3 amide bonds. The second-order valence-electron chi connectivity index (χ2n) is 9.34. The molecule has 2 aromatic rings. The van der Waals surface area contributed by atoms with Gasteiger partial charge in [-0.2, -0.15) is 5.26 Å². The molecule has 11 heteroatoms. The average molecular weight is 468 g/mol. The Kier molecular flexibility index (Phi) is 7.32. The van der Waals surface area contributed by atoms with Gasteiger partial charge in [0, 0.05) is 25.6 Å². The Morgan fingerprint density at radius 2 is 2.06 bits per heavy atom. The second-order valence-corrected chi connectivity index (χ2v) is 9.34. The van der Waals surface area contributed by atoms with Crippen LogP contribution in [0.1, 0.15) is 54.8 Å². The number of nitrogens with one attached hydrogen (secondary N) is 2. The third kappa shape index (κ3) is 5.40. The number of hydrogen-bond donors (Lipinski definition) is 3. The van der Waals surface area contributed by atoms with Crippen LogP contribution in [0.4, 0.5) is 0 Å². The monoisotopic (exact) mass is 467 g/mol. The van der Waals surface area contributed by atoms with Gasteiger partial charge in [-0.05, 0) is 23.6 Å². The highest BCUT2D eigenvalue weighted by molar-refractivity contribution is 5.94. The van der Waals surface area contributed by atoms with Crippen molar-refractivity contribution in [2.75, 3.05) is 13.6 Å². The van der Waals surface area contributed by atoms with E-state index in [4.69, 9.17) is 5.26 Å². The van der Waals surface area contributed by atoms with E-state index in [0.717, 1.165) is 0 Å². The topological polar surface area (TPSA) is 153 Å². The molecule has 0 radical (unpaired) electrons. The summed E-state index contributed by atoms with van der Waals surface area (Å²) in [5.41, 5.74) is 0.592. The van der Waals surface area contributed by atoms with E-state index in [-0.39, 0.29) is 37.2 Å². The van der Waals surface area contributed by atoms with Gasteiger partial charge in [0.05, 0.1) is 30.5 Å². The Hall–Kier alpha value is -3.78. The lowest BCUT2D eigenvalue weighted by Crippen LogP contribution is -2.49. The molecule has 0 aliphatic carbocycles. The van der Waals surface area contributed by atoms with Gasteiger partial charge in [0.15, 0.2) is 0 Å². The first-order valence-electron chi connectivity index (χ1n) is 10.9. The van der Waals surface area contributed by atoms with Crippen molar-refractivity contribution in [3.63, 3.8) is 0 Å². The van der Waals surface area contributed by atoms with Crippen molar-refractivity contribution >= 4 is 17.7 Å². The number of nitrogens with zero attached hydrogens (tertiary/aromatic N) is 5. The van der Waals surface area contributed by atoms with Crippen molar-refractivity contribution in [3.05, 3.63) is 47.3 Å². The maximum Gasteiger partial charge on any atom is 0.251 e. The molecular weight excluding hydrogens is 438 g/mol. The van der Waals surface area contributed by atoms with Crippen molar-refractivity contribution in [1.82, 2.24) is 30.5 Å². The van der Waals surface area contributed by atoms with Gasteiger partial charge in [-0.15, -0.1) is 5.10 Å². The van der Waals surface area contributed by atoms with E-state index in [2.05, 4.69) is 20.9 Å². The molecule has 0 saturated carbocycles. The SMILES string of the molecule is CNC(=O)C1CC(O)CN1C(=O)[C@@H](n1cc(CNC(=O)c2cccc(C#N)c2)nn1)C(C)(C)C. The maximum atomic E-state index is 13.5. The fourth-order valence-electron chi connectivity index (χ4n) is 4.03. The van der Waals surface area contributed by atoms with E-state index in [1.165, 1.54) is 22.7 Å². The maximum absolute atomic E-state index is 13.5. The van der Waals surface area contributed by atoms with Crippen molar-refractivity contribution in [2.45, 2.75) is 51.9 Å². The molecule has 2 unspecified atom stereocenters. The van der Waals surface area contributed by atoms with Crippen molar-refractivity contribution < 1.29 is 19.5 Å². The number of benzene rings is 1. The van der Waals surface area contributed by atoms with Crippen LogP contribution in [0.5, 0.6) is 0 Å². The molecule has 3 rings (SSSR count). The Bertz CT molecular complexity index is 1120. The highest BCUT2D eigenvalue weighted by atomic mass is 16.3. The van der Waals surface area contributed by atoms with Gasteiger partial charge in [0.2, 0.25) is 11.8 Å². The van der Waals surface area contributed by atoms with E-state index in [1.807, 2.05) is 26.8 Å². The highest BCUT2D eigenvalue weighted by Crippen LogP contribution is 2.34. The van der Waals surface area contributed by atoms with Crippen molar-refractivity contribution in [2.24, 2.45) is 5.41 Å². The summed E-state index contributed by atoms with van der Waals surface area (Å²) in [7, 11) is 1.49. The molecule has 180 valence electrons. The molecule has 11 nitrogen and oxygen atoms in total. The first kappa shape index (κ1) is 24.9. The van der Waals surface area contributed by atoms with Gasteiger partial charge in [-0.1, -0.05) is 32.1 Å². The minimum absolute atomic E-state index is 0.0584. The van der Waals surface area contributed by atoms with Gasteiger partial charge >= 0.3 is 0 Å². The van der Waals surface area contributed by atoms with Crippen LogP contribution in [0.15, 0.2) is 30.5 Å². The Morgan fingerprint density at radius 3 is 2.71 bits per heavy atom. The molecule has 1 fully saturated rings. The molecule has 1 aliphatic heterocycles. The average Bonchev–Trinajstić information content (AvgIpc) is 3.42. The summed E-state index contributed by atoms with van der Waals surface area (Å²) in [6.45, 7) is 5.76. The quantitative estimate of drug-likeness (QED) is 0.555. The van der Waals surface area contributed by atoms with Crippen molar-refractivity contribution in [3.8, 4) is 6.07 Å². The van der Waals surface area contributed by atoms with E-state index in [1.54, 1.807) is 24.4 Å². The summed E-state index contributed by atoms with van der Waals surface area (Å²) in [5, 5.41) is 32.6. The van der Waals surface area contributed by atoms with E-state index >= 15 is 0 Å². The first-order valence-corrected chi connectivity index (χ1v) is 10.9. The van der Waals surface area contributed by atoms with Crippen molar-refractivity contribution in [1.29, 1.82) is 5.26 Å². The molecule has 1 aliphatic rings. The third-order valence-corrected chi connectivity index (χ3v) is 5.67. The van der Waals surface area contributed by atoms with Gasteiger partial charge in [-0.25, -0.2) is 4.68 Å². The lowest BCUT2D eigenvalue weighted by Gasteiger charge is -2.34. The summed E-state index contributed by atoms with van der Waals surface area (Å²) in [4.78, 5) is 39.6. The van der Waals surface area contributed by atoms with Crippen LogP contribution in [0.25, 0.3) is 0 Å². The highest BCUT2D eigenvalue weighted by Gasteiger charge is 2.45. The fourth-order valence-corrected chi connectivity index (χ4v) is 4.03. The summed E-state index contributed by atoms with van der Waals surface area (Å²) in [6, 6.07) is 6.79. The smallest absolute Gasteiger partial charge is 0.251 e. The molecule has 1 aromatic heterocycles. The number of nitriles is 1. The summed E-state index contributed by atoms with van der Waals surface area (Å²) >= 11 is 0. The summed E-state index contributed by atoms with van der Waals surface area (Å²) in [6.07, 6.45) is 0.971.